The number of carbonyl (C=O) groups excluding carboxylic acids is 1. The largest absolute Gasteiger partial charge is 0.493 e. The fourth-order valence-corrected chi connectivity index (χ4v) is 5.82. The molecule has 10 heteroatoms. The third-order valence-corrected chi connectivity index (χ3v) is 8.61. The van der Waals surface area contributed by atoms with Crippen molar-refractivity contribution in [3.05, 3.63) is 85.6 Å². The lowest BCUT2D eigenvalue weighted by atomic mass is 10.1. The van der Waals surface area contributed by atoms with Crippen molar-refractivity contribution in [2.75, 3.05) is 45.4 Å². The number of amides is 1. The number of aliphatic imine (C=N–C) groups is 1. The highest BCUT2D eigenvalue weighted by Crippen LogP contribution is 2.38. The fraction of sp³-hybridized carbons (Fsp3) is 0.241. The number of halogens is 2. The first-order valence-corrected chi connectivity index (χ1v) is 14.8. The smallest absolute Gasteiger partial charge is 0.266 e. The molecule has 2 saturated heterocycles. The van der Waals surface area contributed by atoms with E-state index in [1.54, 1.807) is 19.1 Å². The number of methoxy groups -OCH3 is 1. The molecule has 5 rings (SSSR count). The van der Waals surface area contributed by atoms with Crippen molar-refractivity contribution < 1.29 is 19.0 Å². The summed E-state index contributed by atoms with van der Waals surface area (Å²) in [5.74, 6) is 1.09. The molecule has 0 atom stereocenters. The lowest BCUT2D eigenvalue weighted by Crippen LogP contribution is -2.36. The Morgan fingerprint density at radius 1 is 1.03 bits per heavy atom. The average Bonchev–Trinajstić information content (AvgIpc) is 3.22. The Morgan fingerprint density at radius 3 is 2.44 bits per heavy atom. The van der Waals surface area contributed by atoms with E-state index in [1.807, 2.05) is 54.6 Å². The van der Waals surface area contributed by atoms with Crippen LogP contribution in [0, 0.1) is 0 Å². The van der Waals surface area contributed by atoms with Crippen molar-refractivity contribution in [1.82, 2.24) is 4.90 Å². The number of anilines is 1. The molecule has 2 heterocycles. The molecule has 3 aromatic carbocycles. The van der Waals surface area contributed by atoms with E-state index in [9.17, 15) is 4.79 Å². The van der Waals surface area contributed by atoms with Gasteiger partial charge in [-0.05, 0) is 77.5 Å². The Balaban J connectivity index is 1.31. The summed E-state index contributed by atoms with van der Waals surface area (Å²) in [6, 6.07) is 19.8. The van der Waals surface area contributed by atoms with Crippen molar-refractivity contribution in [1.29, 1.82) is 0 Å². The molecule has 0 N–H and O–H groups in total. The van der Waals surface area contributed by atoms with E-state index < -0.39 is 0 Å². The summed E-state index contributed by atoms with van der Waals surface area (Å²) in [5.41, 5.74) is 3.80. The van der Waals surface area contributed by atoms with Crippen LogP contribution in [0.4, 0.5) is 11.4 Å². The van der Waals surface area contributed by atoms with Crippen LogP contribution in [0.3, 0.4) is 0 Å². The first-order valence-electron chi connectivity index (χ1n) is 12.3. The van der Waals surface area contributed by atoms with Gasteiger partial charge in [-0.2, -0.15) is 0 Å². The minimum Gasteiger partial charge on any atom is -0.493 e. The topological polar surface area (TPSA) is 63.6 Å². The summed E-state index contributed by atoms with van der Waals surface area (Å²) < 4.78 is 18.9. The van der Waals surface area contributed by atoms with Crippen LogP contribution < -0.4 is 14.4 Å². The number of benzene rings is 3. The van der Waals surface area contributed by atoms with Gasteiger partial charge in [-0.15, -0.1) is 0 Å². The highest BCUT2D eigenvalue weighted by molar-refractivity contribution is 9.10. The van der Waals surface area contributed by atoms with Gasteiger partial charge in [0.2, 0.25) is 0 Å². The summed E-state index contributed by atoms with van der Waals surface area (Å²) in [6.45, 7) is 3.66. The zero-order valence-corrected chi connectivity index (χ0v) is 25.5. The predicted octanol–water partition coefficient (Wildman–Crippen LogP) is 6.87. The van der Waals surface area contributed by atoms with Crippen molar-refractivity contribution in [2.24, 2.45) is 4.99 Å². The zero-order valence-electron chi connectivity index (χ0n) is 21.5. The molecule has 2 aliphatic rings. The number of carbonyl (C=O) groups is 1. The maximum absolute atomic E-state index is 13.0. The molecule has 202 valence electrons. The molecule has 0 spiro atoms. The minimum atomic E-state index is -0.106. The normalized spacial score (nSPS) is 17.8. The van der Waals surface area contributed by atoms with Crippen LogP contribution in [0.5, 0.6) is 11.5 Å². The second-order valence-electron chi connectivity index (χ2n) is 8.92. The number of morpholine rings is 1. The Bertz CT molecular complexity index is 1410. The quantitative estimate of drug-likeness (QED) is 0.255. The summed E-state index contributed by atoms with van der Waals surface area (Å²) in [7, 11) is 3.34. The van der Waals surface area contributed by atoms with Gasteiger partial charge in [0.05, 0.1) is 30.9 Å². The molecule has 0 aromatic heterocycles. The lowest BCUT2D eigenvalue weighted by Gasteiger charge is -2.28. The van der Waals surface area contributed by atoms with Crippen molar-refractivity contribution >= 4 is 72.1 Å². The molecule has 1 amide bonds. The van der Waals surface area contributed by atoms with Crippen LogP contribution in [-0.4, -0.2) is 56.4 Å². The van der Waals surface area contributed by atoms with Gasteiger partial charge in [0, 0.05) is 34.8 Å². The second-order valence-corrected chi connectivity index (χ2v) is 11.7. The van der Waals surface area contributed by atoms with Gasteiger partial charge >= 0.3 is 0 Å². The molecule has 0 saturated carbocycles. The molecule has 0 unspecified atom stereocenters. The van der Waals surface area contributed by atoms with Crippen molar-refractivity contribution in [2.45, 2.75) is 6.61 Å². The zero-order chi connectivity index (χ0) is 27.4. The van der Waals surface area contributed by atoms with Crippen LogP contribution in [-0.2, 0) is 16.1 Å². The van der Waals surface area contributed by atoms with E-state index in [-0.39, 0.29) is 5.91 Å². The molecular formula is C29H27Br2N3O4S. The van der Waals surface area contributed by atoms with Gasteiger partial charge in [-0.25, -0.2) is 4.99 Å². The molecule has 0 bridgehead atoms. The molecule has 2 fully saturated rings. The lowest BCUT2D eigenvalue weighted by molar-refractivity contribution is -0.121. The van der Waals surface area contributed by atoms with Gasteiger partial charge in [0.1, 0.15) is 6.61 Å². The Labute approximate surface area is 249 Å². The van der Waals surface area contributed by atoms with Crippen LogP contribution in [0.2, 0.25) is 0 Å². The van der Waals surface area contributed by atoms with Crippen LogP contribution >= 0.6 is 43.6 Å². The molecule has 7 nitrogen and oxygen atoms in total. The Morgan fingerprint density at radius 2 is 1.74 bits per heavy atom. The third-order valence-electron chi connectivity index (χ3n) is 6.33. The highest BCUT2D eigenvalue weighted by Gasteiger charge is 2.30. The van der Waals surface area contributed by atoms with Crippen molar-refractivity contribution in [3.8, 4) is 11.5 Å². The monoisotopic (exact) mass is 671 g/mol. The first kappa shape index (κ1) is 27.8. The molecule has 0 aliphatic carbocycles. The number of hydrogen-bond acceptors (Lipinski definition) is 7. The van der Waals surface area contributed by atoms with Crippen LogP contribution in [0.25, 0.3) is 6.08 Å². The van der Waals surface area contributed by atoms with E-state index >= 15 is 0 Å². The molecule has 39 heavy (non-hydrogen) atoms. The fourth-order valence-electron chi connectivity index (χ4n) is 4.14. The van der Waals surface area contributed by atoms with Gasteiger partial charge in [0.25, 0.3) is 5.91 Å². The van der Waals surface area contributed by atoms with E-state index in [1.165, 1.54) is 11.8 Å². The maximum atomic E-state index is 13.0. The number of rotatable bonds is 7. The Hall–Kier alpha value is -2.79. The van der Waals surface area contributed by atoms with Gasteiger partial charge < -0.3 is 19.1 Å². The molecule has 2 aliphatic heterocycles. The second kappa shape index (κ2) is 12.6. The number of hydrogen-bond donors (Lipinski definition) is 0. The highest BCUT2D eigenvalue weighted by atomic mass is 79.9. The number of ether oxygens (including phenoxy) is 3. The molecule has 0 radical (unpaired) electrons. The van der Waals surface area contributed by atoms with E-state index in [2.05, 4.69) is 48.9 Å². The minimum absolute atomic E-state index is 0.106. The van der Waals surface area contributed by atoms with Gasteiger partial charge in [-0.3, -0.25) is 9.69 Å². The number of nitrogens with zero attached hydrogens (tertiary/aromatic N) is 3. The summed E-state index contributed by atoms with van der Waals surface area (Å²) in [4.78, 5) is 22.2. The molecular weight excluding hydrogens is 646 g/mol. The van der Waals surface area contributed by atoms with Gasteiger partial charge in [0.15, 0.2) is 16.7 Å². The van der Waals surface area contributed by atoms with Crippen LogP contribution in [0.15, 0.2) is 79.5 Å². The van der Waals surface area contributed by atoms with Gasteiger partial charge in [-0.1, -0.05) is 44.0 Å². The predicted molar refractivity (Wildman–Crippen MR) is 164 cm³/mol. The summed E-state index contributed by atoms with van der Waals surface area (Å²) >= 11 is 8.43. The molecule has 3 aromatic rings. The van der Waals surface area contributed by atoms with E-state index in [4.69, 9.17) is 19.2 Å². The summed E-state index contributed by atoms with van der Waals surface area (Å²) in [6.07, 6.45) is 1.85. The Kier molecular flexibility index (Phi) is 8.96. The maximum Gasteiger partial charge on any atom is 0.266 e. The average molecular weight is 673 g/mol. The SMILES string of the molecule is COc1cc(/C=C2\SC(=Nc3ccc(N4CCOCC4)cc3)N(C)C2=O)c(Br)cc1OCc1ccc(Br)cc1. The van der Waals surface area contributed by atoms with E-state index in [0.29, 0.717) is 28.2 Å². The van der Waals surface area contributed by atoms with Crippen molar-refractivity contribution in [3.63, 3.8) is 0 Å². The first-order chi connectivity index (χ1) is 18.9. The number of likely N-dealkylation sites (N-methyl/N-ethyl adjacent to an activating group) is 1. The number of amidine groups is 1. The third kappa shape index (κ3) is 6.69. The standard InChI is InChI=1S/C29H27Br2N3O4S/c1-33-28(35)27(39-29(33)32-22-7-9-23(10-8-22)34-11-13-37-14-12-34)16-20-15-25(36-2)26(17-24(20)31)38-18-19-3-5-21(30)6-4-19/h3-10,15-17H,11-14,18H2,1-2H3/b27-16-,32-29?. The number of thioether (sulfide) groups is 1. The van der Waals surface area contributed by atoms with E-state index in [0.717, 1.165) is 57.8 Å². The van der Waals surface area contributed by atoms with Crippen LogP contribution in [0.1, 0.15) is 11.1 Å². The summed E-state index contributed by atoms with van der Waals surface area (Å²) in [5, 5.41) is 0.628.